The first-order chi connectivity index (χ1) is 9.90. The van der Waals surface area contributed by atoms with Crippen LogP contribution in [0.4, 0.5) is 5.82 Å². The molecule has 1 atom stereocenters. The van der Waals surface area contributed by atoms with Gasteiger partial charge in [-0.3, -0.25) is 0 Å². The molecule has 4 heteroatoms. The van der Waals surface area contributed by atoms with Crippen LogP contribution >= 0.6 is 11.6 Å². The molecule has 1 aromatic rings. The molecule has 0 radical (unpaired) electrons. The molecule has 0 aliphatic carbocycles. The van der Waals surface area contributed by atoms with E-state index in [0.717, 1.165) is 23.1 Å². The Labute approximate surface area is 134 Å². The minimum Gasteiger partial charge on any atom is -0.354 e. The maximum atomic E-state index is 6.31. The van der Waals surface area contributed by atoms with Gasteiger partial charge in [0.1, 0.15) is 5.82 Å². The molecule has 0 spiro atoms. The van der Waals surface area contributed by atoms with E-state index in [2.05, 4.69) is 44.0 Å². The van der Waals surface area contributed by atoms with Crippen molar-refractivity contribution in [3.05, 3.63) is 22.8 Å². The molecular weight excluding hydrogens is 282 g/mol. The maximum absolute atomic E-state index is 6.31. The van der Waals surface area contributed by atoms with Crippen LogP contribution in [-0.2, 0) is 6.54 Å². The Morgan fingerprint density at radius 3 is 2.76 bits per heavy atom. The van der Waals surface area contributed by atoms with Crippen LogP contribution in [0.5, 0.6) is 0 Å². The molecule has 0 saturated carbocycles. The first kappa shape index (κ1) is 16.6. The van der Waals surface area contributed by atoms with Crippen LogP contribution in [0.1, 0.15) is 59.1 Å². The molecule has 1 unspecified atom stereocenters. The number of rotatable bonds is 4. The number of nitrogens with one attached hydrogen (secondary N) is 1. The fraction of sp³-hybridized carbons (Fsp3) is 0.706. The fourth-order valence-electron chi connectivity index (χ4n) is 2.83. The van der Waals surface area contributed by atoms with Gasteiger partial charge in [-0.05, 0) is 58.6 Å². The summed E-state index contributed by atoms with van der Waals surface area (Å²) >= 11 is 6.31. The van der Waals surface area contributed by atoms with Gasteiger partial charge in [0.2, 0.25) is 0 Å². The standard InChI is InChI=1S/C17H28ClN3/c1-5-13-8-6-7-11-21(13)16-10-9-14(18)15(20-16)12-19-17(2,3)4/h9-10,13,19H,5-8,11-12H2,1-4H3. The van der Waals surface area contributed by atoms with Crippen molar-refractivity contribution < 1.29 is 0 Å². The van der Waals surface area contributed by atoms with Crippen LogP contribution in [0, 0.1) is 0 Å². The lowest BCUT2D eigenvalue weighted by Gasteiger charge is -2.36. The summed E-state index contributed by atoms with van der Waals surface area (Å²) in [7, 11) is 0. The Morgan fingerprint density at radius 2 is 2.10 bits per heavy atom. The molecule has 1 saturated heterocycles. The van der Waals surface area contributed by atoms with E-state index in [1.165, 1.54) is 25.7 Å². The van der Waals surface area contributed by atoms with Crippen LogP contribution in [0.3, 0.4) is 0 Å². The highest BCUT2D eigenvalue weighted by molar-refractivity contribution is 6.31. The van der Waals surface area contributed by atoms with Crippen LogP contribution in [0.2, 0.25) is 5.02 Å². The second-order valence-electron chi connectivity index (χ2n) is 6.95. The molecule has 2 rings (SSSR count). The summed E-state index contributed by atoms with van der Waals surface area (Å²) in [5.41, 5.74) is 1.02. The van der Waals surface area contributed by atoms with Gasteiger partial charge in [-0.25, -0.2) is 4.98 Å². The van der Waals surface area contributed by atoms with E-state index in [1.54, 1.807) is 0 Å². The maximum Gasteiger partial charge on any atom is 0.129 e. The van der Waals surface area contributed by atoms with Crippen LogP contribution in [0.25, 0.3) is 0 Å². The monoisotopic (exact) mass is 309 g/mol. The van der Waals surface area contributed by atoms with Gasteiger partial charge in [-0.15, -0.1) is 0 Å². The van der Waals surface area contributed by atoms with E-state index in [9.17, 15) is 0 Å². The first-order valence-corrected chi connectivity index (χ1v) is 8.45. The Balaban J connectivity index is 2.17. The molecule has 0 amide bonds. The summed E-state index contributed by atoms with van der Waals surface area (Å²) in [5, 5.41) is 4.22. The lowest BCUT2D eigenvalue weighted by atomic mass is 10.00. The van der Waals surface area contributed by atoms with E-state index in [-0.39, 0.29) is 5.54 Å². The number of nitrogens with zero attached hydrogens (tertiary/aromatic N) is 2. The van der Waals surface area contributed by atoms with Crippen molar-refractivity contribution in [3.63, 3.8) is 0 Å². The number of piperidine rings is 1. The fourth-order valence-corrected chi connectivity index (χ4v) is 3.00. The first-order valence-electron chi connectivity index (χ1n) is 8.08. The Hall–Kier alpha value is -0.800. The van der Waals surface area contributed by atoms with Gasteiger partial charge in [-0.1, -0.05) is 18.5 Å². The van der Waals surface area contributed by atoms with Crippen molar-refractivity contribution in [2.75, 3.05) is 11.4 Å². The molecular formula is C17H28ClN3. The molecule has 21 heavy (non-hydrogen) atoms. The Bertz CT molecular complexity index is 468. The van der Waals surface area contributed by atoms with Crippen molar-refractivity contribution >= 4 is 17.4 Å². The van der Waals surface area contributed by atoms with E-state index in [4.69, 9.17) is 16.6 Å². The average molecular weight is 310 g/mol. The normalized spacial score (nSPS) is 19.9. The summed E-state index contributed by atoms with van der Waals surface area (Å²) in [6.07, 6.45) is 5.05. The minimum absolute atomic E-state index is 0.0676. The summed E-state index contributed by atoms with van der Waals surface area (Å²) in [5.74, 6) is 1.08. The zero-order valence-corrected chi connectivity index (χ0v) is 14.5. The quantitative estimate of drug-likeness (QED) is 0.894. The van der Waals surface area contributed by atoms with Crippen molar-refractivity contribution in [2.45, 2.75) is 71.5 Å². The molecule has 0 aromatic carbocycles. The van der Waals surface area contributed by atoms with Crippen LogP contribution < -0.4 is 10.2 Å². The van der Waals surface area contributed by atoms with Gasteiger partial charge in [0, 0.05) is 24.7 Å². The van der Waals surface area contributed by atoms with Gasteiger partial charge in [-0.2, -0.15) is 0 Å². The highest BCUT2D eigenvalue weighted by atomic mass is 35.5. The third-order valence-electron chi connectivity index (χ3n) is 4.08. The molecule has 118 valence electrons. The molecule has 1 aromatic heterocycles. The van der Waals surface area contributed by atoms with Crippen molar-refractivity contribution in [1.29, 1.82) is 0 Å². The number of hydrogen-bond donors (Lipinski definition) is 1. The summed E-state index contributed by atoms with van der Waals surface area (Å²) < 4.78 is 0. The summed E-state index contributed by atoms with van der Waals surface area (Å²) in [6, 6.07) is 4.68. The largest absolute Gasteiger partial charge is 0.354 e. The second kappa shape index (κ2) is 6.97. The van der Waals surface area contributed by atoms with E-state index in [1.807, 2.05) is 6.07 Å². The topological polar surface area (TPSA) is 28.2 Å². The number of hydrogen-bond acceptors (Lipinski definition) is 3. The van der Waals surface area contributed by atoms with E-state index >= 15 is 0 Å². The molecule has 1 fully saturated rings. The zero-order valence-electron chi connectivity index (χ0n) is 13.7. The van der Waals surface area contributed by atoms with Crippen molar-refractivity contribution in [1.82, 2.24) is 10.3 Å². The lowest BCUT2D eigenvalue weighted by Crippen LogP contribution is -2.40. The average Bonchev–Trinajstić information content (AvgIpc) is 2.45. The molecule has 1 aliphatic heterocycles. The Kier molecular flexibility index (Phi) is 5.50. The Morgan fingerprint density at radius 1 is 1.33 bits per heavy atom. The second-order valence-corrected chi connectivity index (χ2v) is 7.36. The van der Waals surface area contributed by atoms with Gasteiger partial charge in [0.25, 0.3) is 0 Å². The number of halogens is 1. The lowest BCUT2D eigenvalue weighted by molar-refractivity contribution is 0.420. The molecule has 1 aliphatic rings. The molecule has 2 heterocycles. The smallest absolute Gasteiger partial charge is 0.129 e. The zero-order chi connectivity index (χ0) is 15.5. The SMILES string of the molecule is CCC1CCCCN1c1ccc(Cl)c(CNC(C)(C)C)n1. The molecule has 1 N–H and O–H groups in total. The number of anilines is 1. The van der Waals surface area contributed by atoms with Gasteiger partial charge < -0.3 is 10.2 Å². The van der Waals surface area contributed by atoms with Crippen LogP contribution in [-0.4, -0.2) is 23.1 Å². The van der Waals surface area contributed by atoms with Crippen molar-refractivity contribution in [3.8, 4) is 0 Å². The predicted octanol–water partition coefficient (Wildman–Crippen LogP) is 4.39. The number of pyridine rings is 1. The van der Waals surface area contributed by atoms with E-state index in [0.29, 0.717) is 12.6 Å². The highest BCUT2D eigenvalue weighted by Crippen LogP contribution is 2.27. The van der Waals surface area contributed by atoms with Crippen molar-refractivity contribution in [2.24, 2.45) is 0 Å². The summed E-state index contributed by atoms with van der Waals surface area (Å²) in [4.78, 5) is 7.29. The van der Waals surface area contributed by atoms with Gasteiger partial charge in [0.15, 0.2) is 0 Å². The van der Waals surface area contributed by atoms with Gasteiger partial charge in [0.05, 0.1) is 10.7 Å². The van der Waals surface area contributed by atoms with Gasteiger partial charge >= 0.3 is 0 Å². The third-order valence-corrected chi connectivity index (χ3v) is 4.43. The molecule has 3 nitrogen and oxygen atoms in total. The molecule has 0 bridgehead atoms. The highest BCUT2D eigenvalue weighted by Gasteiger charge is 2.22. The van der Waals surface area contributed by atoms with Crippen LogP contribution in [0.15, 0.2) is 12.1 Å². The minimum atomic E-state index is 0.0676. The summed E-state index contributed by atoms with van der Waals surface area (Å²) in [6.45, 7) is 10.6. The number of aromatic nitrogens is 1. The third kappa shape index (κ3) is 4.58. The predicted molar refractivity (Wildman–Crippen MR) is 91.1 cm³/mol. The van der Waals surface area contributed by atoms with E-state index < -0.39 is 0 Å².